The van der Waals surface area contributed by atoms with Crippen LogP contribution < -0.4 is 16.8 Å². The van der Waals surface area contributed by atoms with Gasteiger partial charge >= 0.3 is 0 Å². The molecule has 1 unspecified atom stereocenters. The maximum atomic E-state index is 12.0. The highest BCUT2D eigenvalue weighted by Crippen LogP contribution is 2.17. The summed E-state index contributed by atoms with van der Waals surface area (Å²) in [6, 6.07) is 7.45. The molecule has 108 valence electrons. The Labute approximate surface area is 118 Å². The van der Waals surface area contributed by atoms with E-state index in [2.05, 4.69) is 5.32 Å². The summed E-state index contributed by atoms with van der Waals surface area (Å²) in [4.78, 5) is 25.0. The number of benzene rings is 1. The molecule has 0 radical (unpaired) electrons. The molecule has 0 bridgehead atoms. The molecule has 1 fully saturated rings. The van der Waals surface area contributed by atoms with Gasteiger partial charge in [0.15, 0.2) is 0 Å². The number of nitrogens with zero attached hydrogens (tertiary/aromatic N) is 1. The van der Waals surface area contributed by atoms with Crippen molar-refractivity contribution in [3.8, 4) is 0 Å². The number of anilines is 1. The minimum absolute atomic E-state index is 0.101. The highest BCUT2D eigenvalue weighted by molar-refractivity contribution is 5.93. The van der Waals surface area contributed by atoms with Crippen molar-refractivity contribution in [2.75, 3.05) is 25.0 Å². The number of likely N-dealkylation sites (tertiary alicyclic amines) is 1. The van der Waals surface area contributed by atoms with E-state index in [9.17, 15) is 9.59 Å². The van der Waals surface area contributed by atoms with Crippen LogP contribution in [0.25, 0.3) is 0 Å². The van der Waals surface area contributed by atoms with Gasteiger partial charge < -0.3 is 16.8 Å². The van der Waals surface area contributed by atoms with Crippen LogP contribution in [0.1, 0.15) is 12.0 Å². The Kier molecular flexibility index (Phi) is 4.70. The van der Waals surface area contributed by atoms with Gasteiger partial charge in [-0.05, 0) is 24.6 Å². The van der Waals surface area contributed by atoms with Crippen molar-refractivity contribution in [3.05, 3.63) is 29.8 Å². The summed E-state index contributed by atoms with van der Waals surface area (Å²) in [7, 11) is 0. The first-order valence-corrected chi connectivity index (χ1v) is 6.69. The Hall–Kier alpha value is -1.92. The molecule has 1 saturated heterocycles. The maximum Gasteiger partial charge on any atom is 0.238 e. The van der Waals surface area contributed by atoms with Gasteiger partial charge in [-0.25, -0.2) is 0 Å². The monoisotopic (exact) mass is 276 g/mol. The molecular weight excluding hydrogens is 256 g/mol. The molecule has 0 saturated carbocycles. The molecule has 1 aromatic rings. The van der Waals surface area contributed by atoms with Crippen LogP contribution in [0, 0.1) is 5.92 Å². The van der Waals surface area contributed by atoms with Crippen LogP contribution in [-0.2, 0) is 16.1 Å². The minimum atomic E-state index is -0.290. The molecule has 2 amide bonds. The van der Waals surface area contributed by atoms with Crippen LogP contribution in [0.15, 0.2) is 24.3 Å². The van der Waals surface area contributed by atoms with E-state index in [1.807, 2.05) is 29.2 Å². The lowest BCUT2D eigenvalue weighted by Crippen LogP contribution is -2.33. The van der Waals surface area contributed by atoms with Crippen molar-refractivity contribution >= 4 is 17.5 Å². The molecule has 0 aromatic heterocycles. The number of para-hydroxylation sites is 1. The standard InChI is InChI=1S/C14H20N4O2/c15-7-10-3-1-2-4-12(10)17-13(19)9-18-6-5-11(8-18)14(16)20/h1-4,11H,5-9,15H2,(H2,16,20)(H,17,19). The summed E-state index contributed by atoms with van der Waals surface area (Å²) < 4.78 is 0. The number of hydrogen-bond donors (Lipinski definition) is 3. The fourth-order valence-corrected chi connectivity index (χ4v) is 2.42. The first kappa shape index (κ1) is 14.5. The van der Waals surface area contributed by atoms with E-state index in [0.717, 1.165) is 24.2 Å². The molecule has 1 aromatic carbocycles. The Morgan fingerprint density at radius 2 is 2.10 bits per heavy atom. The summed E-state index contributed by atoms with van der Waals surface area (Å²) in [6.45, 7) is 1.92. The molecule has 1 aliphatic heterocycles. The van der Waals surface area contributed by atoms with E-state index in [-0.39, 0.29) is 24.3 Å². The van der Waals surface area contributed by atoms with Crippen molar-refractivity contribution in [2.45, 2.75) is 13.0 Å². The molecule has 6 nitrogen and oxygen atoms in total. The summed E-state index contributed by atoms with van der Waals surface area (Å²) in [6.07, 6.45) is 0.724. The topological polar surface area (TPSA) is 101 Å². The number of amides is 2. The van der Waals surface area contributed by atoms with E-state index in [1.165, 1.54) is 0 Å². The number of nitrogens with two attached hydrogens (primary N) is 2. The summed E-state index contributed by atoms with van der Waals surface area (Å²) in [5.74, 6) is -0.531. The second kappa shape index (κ2) is 6.49. The van der Waals surface area contributed by atoms with Crippen LogP contribution in [-0.4, -0.2) is 36.3 Å². The lowest BCUT2D eigenvalue weighted by Gasteiger charge is -2.16. The molecule has 1 atom stereocenters. The van der Waals surface area contributed by atoms with Crippen molar-refractivity contribution in [3.63, 3.8) is 0 Å². The molecule has 2 rings (SSSR count). The molecule has 0 aliphatic carbocycles. The average molecular weight is 276 g/mol. The second-order valence-corrected chi connectivity index (χ2v) is 5.03. The molecule has 1 aliphatic rings. The third kappa shape index (κ3) is 3.55. The molecule has 5 N–H and O–H groups in total. The Morgan fingerprint density at radius 3 is 2.75 bits per heavy atom. The van der Waals surface area contributed by atoms with Crippen LogP contribution in [0.2, 0.25) is 0 Å². The zero-order valence-corrected chi connectivity index (χ0v) is 11.3. The van der Waals surface area contributed by atoms with Crippen molar-refractivity contribution in [1.29, 1.82) is 0 Å². The number of nitrogens with one attached hydrogen (secondary N) is 1. The van der Waals surface area contributed by atoms with Gasteiger partial charge in [0.1, 0.15) is 0 Å². The van der Waals surface area contributed by atoms with Crippen LogP contribution in [0.4, 0.5) is 5.69 Å². The molecule has 6 heteroatoms. The third-order valence-corrected chi connectivity index (χ3v) is 3.55. The van der Waals surface area contributed by atoms with Gasteiger partial charge in [-0.2, -0.15) is 0 Å². The van der Waals surface area contributed by atoms with Crippen molar-refractivity contribution < 1.29 is 9.59 Å². The lowest BCUT2D eigenvalue weighted by atomic mass is 10.1. The normalized spacial score (nSPS) is 18.9. The van der Waals surface area contributed by atoms with Gasteiger partial charge in [0.25, 0.3) is 0 Å². The van der Waals surface area contributed by atoms with E-state index in [1.54, 1.807) is 0 Å². The minimum Gasteiger partial charge on any atom is -0.369 e. The highest BCUT2D eigenvalue weighted by atomic mass is 16.2. The predicted octanol–water partition coefficient (Wildman–Crippen LogP) is -0.109. The Morgan fingerprint density at radius 1 is 1.35 bits per heavy atom. The predicted molar refractivity (Wildman–Crippen MR) is 76.7 cm³/mol. The summed E-state index contributed by atoms with van der Waals surface area (Å²) in [5, 5.41) is 2.86. The third-order valence-electron chi connectivity index (χ3n) is 3.55. The molecule has 0 spiro atoms. The molecule has 20 heavy (non-hydrogen) atoms. The Bertz CT molecular complexity index is 504. The SMILES string of the molecule is NCc1ccccc1NC(=O)CN1CCC(C(N)=O)C1. The van der Waals surface area contributed by atoms with Crippen LogP contribution in [0.5, 0.6) is 0 Å². The van der Waals surface area contributed by atoms with E-state index in [0.29, 0.717) is 13.1 Å². The molecule has 1 heterocycles. The zero-order valence-electron chi connectivity index (χ0n) is 11.3. The van der Waals surface area contributed by atoms with Gasteiger partial charge in [0, 0.05) is 18.8 Å². The number of primary amides is 1. The number of rotatable bonds is 5. The second-order valence-electron chi connectivity index (χ2n) is 5.03. The van der Waals surface area contributed by atoms with Gasteiger partial charge in [-0.1, -0.05) is 18.2 Å². The van der Waals surface area contributed by atoms with E-state index < -0.39 is 0 Å². The number of hydrogen-bond acceptors (Lipinski definition) is 4. The van der Waals surface area contributed by atoms with Gasteiger partial charge in [0.05, 0.1) is 12.5 Å². The van der Waals surface area contributed by atoms with Crippen molar-refractivity contribution in [2.24, 2.45) is 17.4 Å². The summed E-state index contributed by atoms with van der Waals surface area (Å²) >= 11 is 0. The number of carbonyl (C=O) groups is 2. The first-order valence-electron chi connectivity index (χ1n) is 6.69. The Balaban J connectivity index is 1.89. The molecular formula is C14H20N4O2. The van der Waals surface area contributed by atoms with Gasteiger partial charge in [0.2, 0.25) is 11.8 Å². The zero-order chi connectivity index (χ0) is 14.5. The van der Waals surface area contributed by atoms with Crippen LogP contribution >= 0.6 is 0 Å². The fraction of sp³-hybridized carbons (Fsp3) is 0.429. The van der Waals surface area contributed by atoms with Crippen LogP contribution in [0.3, 0.4) is 0 Å². The van der Waals surface area contributed by atoms with E-state index >= 15 is 0 Å². The quantitative estimate of drug-likeness (QED) is 0.698. The largest absolute Gasteiger partial charge is 0.369 e. The lowest BCUT2D eigenvalue weighted by molar-refractivity contribution is -0.122. The van der Waals surface area contributed by atoms with Gasteiger partial charge in [-0.3, -0.25) is 14.5 Å². The fourth-order valence-electron chi connectivity index (χ4n) is 2.42. The number of carbonyl (C=O) groups excluding carboxylic acids is 2. The average Bonchev–Trinajstić information content (AvgIpc) is 2.88. The highest BCUT2D eigenvalue weighted by Gasteiger charge is 2.27. The van der Waals surface area contributed by atoms with E-state index in [4.69, 9.17) is 11.5 Å². The van der Waals surface area contributed by atoms with Crippen molar-refractivity contribution in [1.82, 2.24) is 4.90 Å². The smallest absolute Gasteiger partial charge is 0.238 e. The van der Waals surface area contributed by atoms with Gasteiger partial charge in [-0.15, -0.1) is 0 Å². The summed E-state index contributed by atoms with van der Waals surface area (Å²) in [5.41, 5.74) is 12.5. The first-order chi connectivity index (χ1) is 9.60. The maximum absolute atomic E-state index is 12.0.